The Bertz CT molecular complexity index is 425. The molecule has 0 aliphatic heterocycles. The molecule has 0 spiro atoms. The molecular formula is C12H21NO5S. The summed E-state index contributed by atoms with van der Waals surface area (Å²) in [5.41, 5.74) is 0. The smallest absolute Gasteiger partial charge is 0.306 e. The summed E-state index contributed by atoms with van der Waals surface area (Å²) >= 11 is 0. The fourth-order valence-corrected chi connectivity index (χ4v) is 3.23. The summed E-state index contributed by atoms with van der Waals surface area (Å²) in [4.78, 5) is 22.7. The van der Waals surface area contributed by atoms with Crippen molar-refractivity contribution >= 4 is 21.7 Å². The third kappa shape index (κ3) is 5.18. The van der Waals surface area contributed by atoms with Crippen LogP contribution in [-0.4, -0.2) is 44.4 Å². The molecule has 0 radical (unpaired) electrons. The fourth-order valence-electron chi connectivity index (χ4n) is 2.11. The maximum atomic E-state index is 11.9. The predicted molar refractivity (Wildman–Crippen MR) is 70.3 cm³/mol. The molecule has 6 nitrogen and oxygen atoms in total. The second kappa shape index (κ2) is 6.88. The van der Waals surface area contributed by atoms with Gasteiger partial charge in [0.15, 0.2) is 9.84 Å². The van der Waals surface area contributed by atoms with E-state index in [2.05, 4.69) is 10.1 Å². The number of rotatable bonds is 6. The first-order chi connectivity index (χ1) is 8.85. The normalized spacial score (nSPS) is 18.0. The van der Waals surface area contributed by atoms with E-state index in [0.29, 0.717) is 0 Å². The lowest BCUT2D eigenvalue weighted by Crippen LogP contribution is -2.39. The minimum absolute atomic E-state index is 0.0959. The summed E-state index contributed by atoms with van der Waals surface area (Å²) in [7, 11) is -2.42. The van der Waals surface area contributed by atoms with E-state index >= 15 is 0 Å². The number of nitrogens with one attached hydrogen (secondary N) is 1. The number of esters is 1. The third-order valence-electron chi connectivity index (χ3n) is 3.35. The number of ether oxygens (including phenoxy) is 1. The second-order valence-electron chi connectivity index (χ2n) is 4.95. The average Bonchev–Trinajstić information content (AvgIpc) is 2.80. The van der Waals surface area contributed by atoms with Gasteiger partial charge >= 0.3 is 5.97 Å². The molecule has 19 heavy (non-hydrogen) atoms. The van der Waals surface area contributed by atoms with Crippen molar-refractivity contribution in [3.8, 4) is 0 Å². The van der Waals surface area contributed by atoms with Crippen LogP contribution < -0.4 is 5.32 Å². The van der Waals surface area contributed by atoms with Crippen LogP contribution in [0.25, 0.3) is 0 Å². The van der Waals surface area contributed by atoms with Crippen LogP contribution in [0.5, 0.6) is 0 Å². The molecule has 1 rings (SSSR count). The van der Waals surface area contributed by atoms with Crippen molar-refractivity contribution in [2.75, 3.05) is 12.9 Å². The number of hydrogen-bond donors (Lipinski definition) is 1. The van der Waals surface area contributed by atoms with Crippen LogP contribution in [0.2, 0.25) is 0 Å². The van der Waals surface area contributed by atoms with E-state index in [9.17, 15) is 18.0 Å². The summed E-state index contributed by atoms with van der Waals surface area (Å²) < 4.78 is 28.2. The zero-order valence-corrected chi connectivity index (χ0v) is 12.2. The molecule has 0 heterocycles. The number of amides is 1. The molecule has 1 aliphatic carbocycles. The summed E-state index contributed by atoms with van der Waals surface area (Å²) in [5.74, 6) is -1.64. The van der Waals surface area contributed by atoms with Crippen molar-refractivity contribution in [3.05, 3.63) is 0 Å². The Morgan fingerprint density at radius 3 is 2.42 bits per heavy atom. The number of sulfone groups is 1. The Morgan fingerprint density at radius 2 is 1.89 bits per heavy atom. The second-order valence-corrected chi connectivity index (χ2v) is 7.37. The highest BCUT2D eigenvalue weighted by Crippen LogP contribution is 2.17. The number of carbonyl (C=O) groups is 2. The zero-order valence-electron chi connectivity index (χ0n) is 11.3. The van der Waals surface area contributed by atoms with E-state index in [1.54, 1.807) is 0 Å². The topological polar surface area (TPSA) is 89.5 Å². The third-order valence-corrected chi connectivity index (χ3v) is 5.40. The van der Waals surface area contributed by atoms with Crippen LogP contribution in [0.15, 0.2) is 0 Å². The van der Waals surface area contributed by atoms with Crippen LogP contribution in [0.4, 0.5) is 0 Å². The van der Waals surface area contributed by atoms with E-state index in [1.165, 1.54) is 14.0 Å². The van der Waals surface area contributed by atoms with E-state index in [1.807, 2.05) is 0 Å². The Hall–Kier alpha value is -1.11. The van der Waals surface area contributed by atoms with Crippen molar-refractivity contribution < 1.29 is 22.7 Å². The first-order valence-corrected chi connectivity index (χ1v) is 8.14. The molecular weight excluding hydrogens is 270 g/mol. The van der Waals surface area contributed by atoms with Gasteiger partial charge in [0, 0.05) is 6.04 Å². The van der Waals surface area contributed by atoms with Crippen LogP contribution in [-0.2, 0) is 24.2 Å². The van der Waals surface area contributed by atoms with E-state index in [0.717, 1.165) is 25.7 Å². The van der Waals surface area contributed by atoms with Crippen molar-refractivity contribution in [1.29, 1.82) is 0 Å². The molecule has 0 saturated heterocycles. The SMILES string of the molecule is COC(=O)CC(C)S(=O)(=O)CC(=O)NC1CCCC1. The predicted octanol–water partition coefficient (Wildman–Crippen LogP) is 0.412. The molecule has 1 unspecified atom stereocenters. The molecule has 1 N–H and O–H groups in total. The Kier molecular flexibility index (Phi) is 5.78. The lowest BCUT2D eigenvalue weighted by atomic mass is 10.2. The van der Waals surface area contributed by atoms with E-state index in [-0.39, 0.29) is 12.5 Å². The first kappa shape index (κ1) is 15.9. The highest BCUT2D eigenvalue weighted by atomic mass is 32.2. The Labute approximate surface area is 113 Å². The molecule has 1 saturated carbocycles. The van der Waals surface area contributed by atoms with E-state index < -0.39 is 32.7 Å². The lowest BCUT2D eigenvalue weighted by Gasteiger charge is -2.14. The van der Waals surface area contributed by atoms with Gasteiger partial charge in [0.1, 0.15) is 5.75 Å². The quantitative estimate of drug-likeness (QED) is 0.716. The zero-order chi connectivity index (χ0) is 14.5. The van der Waals surface area contributed by atoms with Gasteiger partial charge in [-0.25, -0.2) is 8.42 Å². The van der Waals surface area contributed by atoms with Crippen molar-refractivity contribution in [2.24, 2.45) is 0 Å². The molecule has 110 valence electrons. The molecule has 1 amide bonds. The first-order valence-electron chi connectivity index (χ1n) is 6.43. The Balaban J connectivity index is 2.48. The highest BCUT2D eigenvalue weighted by molar-refractivity contribution is 7.92. The summed E-state index contributed by atoms with van der Waals surface area (Å²) in [6, 6.07) is 0.0959. The lowest BCUT2D eigenvalue weighted by molar-refractivity contribution is -0.140. The van der Waals surface area contributed by atoms with Crippen molar-refractivity contribution in [2.45, 2.75) is 50.3 Å². The molecule has 0 aromatic rings. The molecule has 0 aromatic heterocycles. The number of methoxy groups -OCH3 is 1. The minimum Gasteiger partial charge on any atom is -0.469 e. The van der Waals surface area contributed by atoms with E-state index in [4.69, 9.17) is 0 Å². The molecule has 1 fully saturated rings. The van der Waals surface area contributed by atoms with Gasteiger partial charge in [0.05, 0.1) is 18.8 Å². The molecule has 7 heteroatoms. The molecule has 1 aliphatic rings. The highest BCUT2D eigenvalue weighted by Gasteiger charge is 2.28. The number of carbonyl (C=O) groups excluding carboxylic acids is 2. The van der Waals surface area contributed by atoms with Crippen LogP contribution >= 0.6 is 0 Å². The Morgan fingerprint density at radius 1 is 1.32 bits per heavy atom. The fraction of sp³-hybridized carbons (Fsp3) is 0.833. The van der Waals surface area contributed by atoms with Gasteiger partial charge in [-0.3, -0.25) is 9.59 Å². The van der Waals surface area contributed by atoms with Crippen molar-refractivity contribution in [3.63, 3.8) is 0 Å². The number of hydrogen-bond acceptors (Lipinski definition) is 5. The molecule has 0 bridgehead atoms. The molecule has 0 aromatic carbocycles. The van der Waals surface area contributed by atoms with Gasteiger partial charge in [0.25, 0.3) is 0 Å². The molecule has 1 atom stereocenters. The van der Waals surface area contributed by atoms with Crippen molar-refractivity contribution in [1.82, 2.24) is 5.32 Å². The summed E-state index contributed by atoms with van der Waals surface area (Å²) in [6.07, 6.45) is 3.72. The minimum atomic E-state index is -3.62. The van der Waals surface area contributed by atoms with Crippen LogP contribution in [0.3, 0.4) is 0 Å². The summed E-state index contributed by atoms with van der Waals surface area (Å²) in [5, 5.41) is 1.81. The summed E-state index contributed by atoms with van der Waals surface area (Å²) in [6.45, 7) is 1.41. The van der Waals surface area contributed by atoms with Gasteiger partial charge in [0.2, 0.25) is 5.91 Å². The van der Waals surface area contributed by atoms with Gasteiger partial charge < -0.3 is 10.1 Å². The maximum Gasteiger partial charge on any atom is 0.306 e. The average molecular weight is 291 g/mol. The maximum absolute atomic E-state index is 11.9. The van der Waals surface area contributed by atoms with Crippen LogP contribution in [0.1, 0.15) is 39.0 Å². The standard InChI is InChI=1S/C12H21NO5S/c1-9(7-12(15)18-2)19(16,17)8-11(14)13-10-5-3-4-6-10/h9-10H,3-8H2,1-2H3,(H,13,14). The van der Waals surface area contributed by atoms with Gasteiger partial charge in [-0.05, 0) is 19.8 Å². The van der Waals surface area contributed by atoms with Crippen LogP contribution in [0, 0.1) is 0 Å². The van der Waals surface area contributed by atoms with Gasteiger partial charge in [-0.1, -0.05) is 12.8 Å². The largest absolute Gasteiger partial charge is 0.469 e. The van der Waals surface area contributed by atoms with Gasteiger partial charge in [-0.2, -0.15) is 0 Å². The van der Waals surface area contributed by atoms with Gasteiger partial charge in [-0.15, -0.1) is 0 Å². The monoisotopic (exact) mass is 291 g/mol.